The summed E-state index contributed by atoms with van der Waals surface area (Å²) >= 11 is 1.61. The van der Waals surface area contributed by atoms with Gasteiger partial charge < -0.3 is 4.74 Å². The van der Waals surface area contributed by atoms with E-state index in [9.17, 15) is 4.79 Å². The Morgan fingerprint density at radius 3 is 2.43 bits per heavy atom. The number of carbonyl (C=O) groups excluding carboxylic acids is 1. The number of carbonyl (C=O) groups is 1. The van der Waals surface area contributed by atoms with E-state index in [4.69, 9.17) is 9.84 Å². The van der Waals surface area contributed by atoms with Crippen molar-refractivity contribution in [3.8, 4) is 5.88 Å². The monoisotopic (exact) mass is 400 g/mol. The van der Waals surface area contributed by atoms with Crippen LogP contribution in [-0.2, 0) is 10.3 Å². The SMILES string of the molecule is Cc1ccc(Sc2c(C)nn(C(C)(C)C)c2OC(=O)CCC2CCCC2)cc1. The molecule has 0 spiro atoms. The fourth-order valence-electron chi connectivity index (χ4n) is 3.66. The standard InChI is InChI=1S/C23H32N2O2S/c1-16-10-13-19(14-11-16)28-21-17(2)24-25(23(3,4)5)22(21)27-20(26)15-12-18-8-6-7-9-18/h10-11,13-14,18H,6-9,12,15H2,1-5H3. The number of aryl methyl sites for hydroxylation is 2. The quantitative estimate of drug-likeness (QED) is 0.535. The molecule has 0 amide bonds. The van der Waals surface area contributed by atoms with Crippen LogP contribution < -0.4 is 4.74 Å². The Hall–Kier alpha value is -1.75. The van der Waals surface area contributed by atoms with Crippen molar-refractivity contribution in [2.75, 3.05) is 0 Å². The molecule has 28 heavy (non-hydrogen) atoms. The van der Waals surface area contributed by atoms with Crippen LogP contribution in [0.1, 0.15) is 70.6 Å². The molecule has 1 aliphatic carbocycles. The van der Waals surface area contributed by atoms with Gasteiger partial charge in [-0.2, -0.15) is 5.10 Å². The molecule has 1 heterocycles. The number of ether oxygens (including phenoxy) is 1. The summed E-state index contributed by atoms with van der Waals surface area (Å²) in [5, 5.41) is 4.70. The molecule has 0 atom stereocenters. The van der Waals surface area contributed by atoms with Gasteiger partial charge in [0.15, 0.2) is 0 Å². The van der Waals surface area contributed by atoms with Crippen LogP contribution in [0.15, 0.2) is 34.1 Å². The topological polar surface area (TPSA) is 44.1 Å². The minimum atomic E-state index is -0.266. The maximum absolute atomic E-state index is 12.6. The second kappa shape index (κ2) is 8.73. The van der Waals surface area contributed by atoms with E-state index in [0.29, 0.717) is 18.2 Å². The zero-order chi connectivity index (χ0) is 20.3. The fourth-order valence-corrected chi connectivity index (χ4v) is 4.57. The van der Waals surface area contributed by atoms with Crippen molar-refractivity contribution < 1.29 is 9.53 Å². The van der Waals surface area contributed by atoms with Gasteiger partial charge >= 0.3 is 5.97 Å². The first-order valence-corrected chi connectivity index (χ1v) is 11.1. The lowest BCUT2D eigenvalue weighted by Crippen LogP contribution is -2.25. The minimum absolute atomic E-state index is 0.150. The number of hydrogen-bond donors (Lipinski definition) is 0. The lowest BCUT2D eigenvalue weighted by atomic mass is 10.0. The van der Waals surface area contributed by atoms with E-state index in [0.717, 1.165) is 21.9 Å². The first kappa shape index (κ1) is 21.0. The van der Waals surface area contributed by atoms with Gasteiger partial charge in [0.1, 0.15) is 0 Å². The van der Waals surface area contributed by atoms with E-state index in [1.165, 1.54) is 31.2 Å². The van der Waals surface area contributed by atoms with Gasteiger partial charge in [-0.25, -0.2) is 4.68 Å². The summed E-state index contributed by atoms with van der Waals surface area (Å²) in [6.07, 6.45) is 6.51. The van der Waals surface area contributed by atoms with E-state index in [2.05, 4.69) is 52.0 Å². The Morgan fingerprint density at radius 2 is 1.82 bits per heavy atom. The zero-order valence-electron chi connectivity index (χ0n) is 17.7. The third kappa shape index (κ3) is 5.19. The van der Waals surface area contributed by atoms with Crippen LogP contribution in [0.3, 0.4) is 0 Å². The van der Waals surface area contributed by atoms with E-state index in [-0.39, 0.29) is 11.5 Å². The molecule has 3 rings (SSSR count). The highest BCUT2D eigenvalue weighted by molar-refractivity contribution is 7.99. The van der Waals surface area contributed by atoms with Crippen molar-refractivity contribution in [3.05, 3.63) is 35.5 Å². The summed E-state index contributed by atoms with van der Waals surface area (Å²) in [6, 6.07) is 8.39. The van der Waals surface area contributed by atoms with Gasteiger partial charge in [0.2, 0.25) is 5.88 Å². The van der Waals surface area contributed by atoms with E-state index in [1.807, 2.05) is 11.6 Å². The Morgan fingerprint density at radius 1 is 1.18 bits per heavy atom. The molecule has 1 aliphatic rings. The minimum Gasteiger partial charge on any atom is -0.406 e. The lowest BCUT2D eigenvalue weighted by molar-refractivity contribution is -0.135. The maximum Gasteiger partial charge on any atom is 0.312 e. The molecule has 0 radical (unpaired) electrons. The molecular formula is C23H32N2O2S. The predicted molar refractivity (Wildman–Crippen MR) is 114 cm³/mol. The predicted octanol–water partition coefficient (Wildman–Crippen LogP) is 6.28. The largest absolute Gasteiger partial charge is 0.406 e. The lowest BCUT2D eigenvalue weighted by Gasteiger charge is -2.22. The number of aromatic nitrogens is 2. The number of esters is 1. The van der Waals surface area contributed by atoms with Gasteiger partial charge in [0, 0.05) is 11.3 Å². The number of hydrogen-bond acceptors (Lipinski definition) is 4. The van der Waals surface area contributed by atoms with E-state index >= 15 is 0 Å². The average molecular weight is 401 g/mol. The van der Waals surface area contributed by atoms with Crippen molar-refractivity contribution in [1.82, 2.24) is 9.78 Å². The highest BCUT2D eigenvalue weighted by atomic mass is 32.2. The van der Waals surface area contributed by atoms with E-state index < -0.39 is 0 Å². The third-order valence-electron chi connectivity index (χ3n) is 5.28. The van der Waals surface area contributed by atoms with Crippen molar-refractivity contribution in [3.63, 3.8) is 0 Å². The summed E-state index contributed by atoms with van der Waals surface area (Å²) in [5.74, 6) is 1.11. The summed E-state index contributed by atoms with van der Waals surface area (Å²) < 4.78 is 7.77. The highest BCUT2D eigenvalue weighted by Crippen LogP contribution is 2.40. The normalized spacial score (nSPS) is 15.2. The smallest absolute Gasteiger partial charge is 0.312 e. The molecule has 0 saturated heterocycles. The zero-order valence-corrected chi connectivity index (χ0v) is 18.6. The summed E-state index contributed by atoms with van der Waals surface area (Å²) in [6.45, 7) is 10.3. The Bertz CT molecular complexity index is 812. The Balaban J connectivity index is 1.81. The molecule has 0 bridgehead atoms. The third-order valence-corrected chi connectivity index (χ3v) is 6.47. The molecule has 0 N–H and O–H groups in total. The van der Waals surface area contributed by atoms with Crippen LogP contribution in [-0.4, -0.2) is 15.7 Å². The van der Waals surface area contributed by atoms with Crippen molar-refractivity contribution in [2.24, 2.45) is 5.92 Å². The molecule has 1 fully saturated rings. The molecule has 0 unspecified atom stereocenters. The van der Waals surface area contributed by atoms with Gasteiger partial charge in [-0.15, -0.1) is 0 Å². The molecule has 1 saturated carbocycles. The second-order valence-corrected chi connectivity index (χ2v) is 9.96. The fraction of sp³-hybridized carbons (Fsp3) is 0.565. The van der Waals surface area contributed by atoms with Crippen molar-refractivity contribution in [2.45, 2.75) is 88.5 Å². The summed E-state index contributed by atoms with van der Waals surface area (Å²) in [5.41, 5.74) is 1.85. The Kier molecular flexibility index (Phi) is 6.54. The first-order valence-electron chi connectivity index (χ1n) is 10.3. The van der Waals surface area contributed by atoms with Crippen LogP contribution in [0.5, 0.6) is 5.88 Å². The number of benzene rings is 1. The molecule has 1 aromatic carbocycles. The molecule has 5 heteroatoms. The van der Waals surface area contributed by atoms with Gasteiger partial charge in [0.05, 0.1) is 16.1 Å². The van der Waals surface area contributed by atoms with Crippen LogP contribution in [0.2, 0.25) is 0 Å². The molecule has 4 nitrogen and oxygen atoms in total. The van der Waals surface area contributed by atoms with Gasteiger partial charge in [-0.1, -0.05) is 55.1 Å². The molecular weight excluding hydrogens is 368 g/mol. The van der Waals surface area contributed by atoms with Gasteiger partial charge in [-0.3, -0.25) is 4.79 Å². The van der Waals surface area contributed by atoms with Gasteiger partial charge in [0.25, 0.3) is 0 Å². The highest BCUT2D eigenvalue weighted by Gasteiger charge is 2.27. The van der Waals surface area contributed by atoms with Crippen molar-refractivity contribution >= 4 is 17.7 Å². The molecule has 2 aromatic rings. The van der Waals surface area contributed by atoms with Crippen LogP contribution in [0.25, 0.3) is 0 Å². The molecule has 1 aromatic heterocycles. The van der Waals surface area contributed by atoms with Gasteiger partial charge in [-0.05, 0) is 59.1 Å². The number of nitrogens with zero attached hydrogens (tertiary/aromatic N) is 2. The van der Waals surface area contributed by atoms with Crippen LogP contribution >= 0.6 is 11.8 Å². The maximum atomic E-state index is 12.6. The number of rotatable bonds is 6. The first-order chi connectivity index (χ1) is 13.2. The second-order valence-electron chi connectivity index (χ2n) is 8.88. The average Bonchev–Trinajstić information content (AvgIpc) is 3.24. The van der Waals surface area contributed by atoms with E-state index in [1.54, 1.807) is 11.8 Å². The summed E-state index contributed by atoms with van der Waals surface area (Å²) in [7, 11) is 0. The molecule has 0 aliphatic heterocycles. The van der Waals surface area contributed by atoms with Crippen molar-refractivity contribution in [1.29, 1.82) is 0 Å². The Labute approximate surface area is 173 Å². The summed E-state index contributed by atoms with van der Waals surface area (Å²) in [4.78, 5) is 14.7. The molecule has 152 valence electrons. The van der Waals surface area contributed by atoms with Crippen LogP contribution in [0, 0.1) is 19.8 Å². The van der Waals surface area contributed by atoms with Crippen LogP contribution in [0.4, 0.5) is 0 Å².